The van der Waals surface area contributed by atoms with Crippen LogP contribution in [0.1, 0.15) is 18.2 Å². The second-order valence-corrected chi connectivity index (χ2v) is 3.63. The number of aromatic nitrogens is 3. The van der Waals surface area contributed by atoms with Gasteiger partial charge in [0.05, 0.1) is 5.69 Å². The first-order chi connectivity index (χ1) is 7.88. The largest absolute Gasteiger partial charge is 0.307 e. The fourth-order valence-electron chi connectivity index (χ4n) is 1.51. The summed E-state index contributed by atoms with van der Waals surface area (Å²) in [4.78, 5) is 4.07. The molecule has 0 amide bonds. The highest BCUT2D eigenvalue weighted by atomic mass is 15.3. The maximum absolute atomic E-state index is 4.40. The Morgan fingerprint density at radius 3 is 2.94 bits per heavy atom. The molecule has 0 aliphatic carbocycles. The van der Waals surface area contributed by atoms with Crippen LogP contribution in [-0.4, -0.2) is 14.8 Å². The Hall–Kier alpha value is -1.68. The zero-order chi connectivity index (χ0) is 11.2. The van der Waals surface area contributed by atoms with Gasteiger partial charge in [-0.3, -0.25) is 9.67 Å². The fraction of sp³-hybridized carbons (Fsp3) is 0.333. The van der Waals surface area contributed by atoms with E-state index in [-0.39, 0.29) is 0 Å². The highest BCUT2D eigenvalue weighted by Gasteiger charge is 1.97. The van der Waals surface area contributed by atoms with E-state index in [9.17, 15) is 0 Å². The van der Waals surface area contributed by atoms with Gasteiger partial charge in [-0.05, 0) is 24.6 Å². The van der Waals surface area contributed by atoms with Crippen molar-refractivity contribution in [2.24, 2.45) is 0 Å². The molecular formula is C12H16N4. The van der Waals surface area contributed by atoms with Gasteiger partial charge < -0.3 is 5.32 Å². The maximum Gasteiger partial charge on any atom is 0.0762 e. The van der Waals surface area contributed by atoms with Crippen LogP contribution in [-0.2, 0) is 19.6 Å². The van der Waals surface area contributed by atoms with Gasteiger partial charge >= 0.3 is 0 Å². The maximum atomic E-state index is 4.40. The Bertz CT molecular complexity index is 422. The molecule has 0 fully saturated rings. The smallest absolute Gasteiger partial charge is 0.0762 e. The predicted molar refractivity (Wildman–Crippen MR) is 62.7 cm³/mol. The van der Waals surface area contributed by atoms with Gasteiger partial charge in [-0.15, -0.1) is 0 Å². The first-order valence-corrected chi connectivity index (χ1v) is 5.50. The van der Waals surface area contributed by atoms with Crippen LogP contribution >= 0.6 is 0 Å². The van der Waals surface area contributed by atoms with E-state index < -0.39 is 0 Å². The summed E-state index contributed by atoms with van der Waals surface area (Å²) in [6.45, 7) is 4.62. The van der Waals surface area contributed by atoms with E-state index in [1.54, 1.807) is 6.20 Å². The average Bonchev–Trinajstić information content (AvgIpc) is 2.78. The third kappa shape index (κ3) is 2.90. The Balaban J connectivity index is 1.80. The molecule has 4 heteroatoms. The molecule has 2 rings (SSSR count). The van der Waals surface area contributed by atoms with E-state index in [1.807, 2.05) is 29.2 Å². The molecule has 0 saturated heterocycles. The van der Waals surface area contributed by atoms with Crippen molar-refractivity contribution in [1.82, 2.24) is 20.1 Å². The number of nitrogens with one attached hydrogen (secondary N) is 1. The highest BCUT2D eigenvalue weighted by molar-refractivity contribution is 5.08. The Morgan fingerprint density at radius 2 is 2.25 bits per heavy atom. The van der Waals surface area contributed by atoms with Crippen LogP contribution in [0.25, 0.3) is 0 Å². The van der Waals surface area contributed by atoms with Gasteiger partial charge in [-0.2, -0.15) is 5.10 Å². The van der Waals surface area contributed by atoms with Crippen LogP contribution in [0.5, 0.6) is 0 Å². The number of nitrogens with zero attached hydrogens (tertiary/aromatic N) is 3. The number of hydrogen-bond donors (Lipinski definition) is 1. The highest BCUT2D eigenvalue weighted by Crippen LogP contribution is 1.98. The summed E-state index contributed by atoms with van der Waals surface area (Å²) in [5, 5.41) is 7.74. The molecule has 0 atom stereocenters. The zero-order valence-corrected chi connectivity index (χ0v) is 9.43. The quantitative estimate of drug-likeness (QED) is 0.825. The minimum absolute atomic E-state index is 0.794. The Morgan fingerprint density at radius 1 is 1.31 bits per heavy atom. The minimum Gasteiger partial charge on any atom is -0.307 e. The van der Waals surface area contributed by atoms with Crippen molar-refractivity contribution < 1.29 is 0 Å². The van der Waals surface area contributed by atoms with Crippen molar-refractivity contribution in [3.05, 3.63) is 48.0 Å². The van der Waals surface area contributed by atoms with E-state index in [0.29, 0.717) is 0 Å². The molecule has 0 spiro atoms. The van der Waals surface area contributed by atoms with Crippen LogP contribution in [0, 0.1) is 0 Å². The number of pyridine rings is 1. The molecule has 4 nitrogen and oxygen atoms in total. The average molecular weight is 216 g/mol. The number of hydrogen-bond acceptors (Lipinski definition) is 3. The van der Waals surface area contributed by atoms with Gasteiger partial charge in [0.25, 0.3) is 0 Å². The van der Waals surface area contributed by atoms with Crippen LogP contribution in [0.15, 0.2) is 36.8 Å². The molecule has 2 aromatic rings. The third-order valence-corrected chi connectivity index (χ3v) is 2.38. The van der Waals surface area contributed by atoms with Crippen molar-refractivity contribution in [3.63, 3.8) is 0 Å². The number of rotatable bonds is 5. The topological polar surface area (TPSA) is 42.7 Å². The summed E-state index contributed by atoms with van der Waals surface area (Å²) in [6, 6.07) is 6.05. The van der Waals surface area contributed by atoms with Crippen LogP contribution in [0.2, 0.25) is 0 Å². The van der Waals surface area contributed by atoms with E-state index in [0.717, 1.165) is 25.3 Å². The monoisotopic (exact) mass is 216 g/mol. The molecule has 0 unspecified atom stereocenters. The van der Waals surface area contributed by atoms with Crippen molar-refractivity contribution in [1.29, 1.82) is 0 Å². The van der Waals surface area contributed by atoms with Crippen molar-refractivity contribution in [3.8, 4) is 0 Å². The molecule has 0 radical (unpaired) electrons. The zero-order valence-electron chi connectivity index (χ0n) is 9.43. The second kappa shape index (κ2) is 5.42. The van der Waals surface area contributed by atoms with Crippen molar-refractivity contribution in [2.75, 3.05) is 0 Å². The molecule has 0 saturated carbocycles. The molecule has 16 heavy (non-hydrogen) atoms. The van der Waals surface area contributed by atoms with E-state index >= 15 is 0 Å². The van der Waals surface area contributed by atoms with Gasteiger partial charge in [0.1, 0.15) is 0 Å². The Labute approximate surface area is 95.3 Å². The van der Waals surface area contributed by atoms with Crippen LogP contribution in [0.3, 0.4) is 0 Å². The lowest BCUT2D eigenvalue weighted by Crippen LogP contribution is -2.13. The van der Waals surface area contributed by atoms with Gasteiger partial charge in [0, 0.05) is 38.2 Å². The molecular weight excluding hydrogens is 200 g/mol. The SMILES string of the molecule is CCn1ccc(CNCc2cccnc2)n1. The first-order valence-electron chi connectivity index (χ1n) is 5.50. The van der Waals surface area contributed by atoms with Crippen molar-refractivity contribution in [2.45, 2.75) is 26.6 Å². The molecule has 0 aliphatic rings. The molecule has 0 aliphatic heterocycles. The van der Waals surface area contributed by atoms with Gasteiger partial charge in [0.2, 0.25) is 0 Å². The molecule has 0 bridgehead atoms. The number of aryl methyl sites for hydroxylation is 1. The molecule has 0 aromatic carbocycles. The lowest BCUT2D eigenvalue weighted by Gasteiger charge is -2.02. The first kappa shape index (κ1) is 10.8. The van der Waals surface area contributed by atoms with E-state index in [1.165, 1.54) is 5.56 Å². The third-order valence-electron chi connectivity index (χ3n) is 2.38. The fourth-order valence-corrected chi connectivity index (χ4v) is 1.51. The minimum atomic E-state index is 0.794. The van der Waals surface area contributed by atoms with Crippen LogP contribution < -0.4 is 5.32 Å². The van der Waals surface area contributed by atoms with Gasteiger partial charge in [-0.1, -0.05) is 6.07 Å². The predicted octanol–water partition coefficient (Wildman–Crippen LogP) is 1.59. The lowest BCUT2D eigenvalue weighted by molar-refractivity contribution is 0.619. The summed E-state index contributed by atoms with van der Waals surface area (Å²) in [5.41, 5.74) is 2.27. The van der Waals surface area contributed by atoms with Gasteiger partial charge in [-0.25, -0.2) is 0 Å². The molecule has 84 valence electrons. The molecule has 1 N–H and O–H groups in total. The Kier molecular flexibility index (Phi) is 3.66. The molecule has 2 aromatic heterocycles. The second-order valence-electron chi connectivity index (χ2n) is 3.63. The summed E-state index contributed by atoms with van der Waals surface area (Å²) in [5.74, 6) is 0. The van der Waals surface area contributed by atoms with Crippen LogP contribution in [0.4, 0.5) is 0 Å². The summed E-state index contributed by atoms with van der Waals surface area (Å²) >= 11 is 0. The van der Waals surface area contributed by atoms with Crippen molar-refractivity contribution >= 4 is 0 Å². The standard InChI is InChI=1S/C12H16N4/c1-2-16-7-5-12(15-16)10-14-9-11-4-3-6-13-8-11/h3-8,14H,2,9-10H2,1H3. The van der Waals surface area contributed by atoms with Gasteiger partial charge in [0.15, 0.2) is 0 Å². The van der Waals surface area contributed by atoms with E-state index in [4.69, 9.17) is 0 Å². The normalized spacial score (nSPS) is 10.6. The molecule has 2 heterocycles. The summed E-state index contributed by atoms with van der Waals surface area (Å²) in [6.07, 6.45) is 5.66. The summed E-state index contributed by atoms with van der Waals surface area (Å²) in [7, 11) is 0. The summed E-state index contributed by atoms with van der Waals surface area (Å²) < 4.78 is 1.93. The van der Waals surface area contributed by atoms with E-state index in [2.05, 4.69) is 28.4 Å². The lowest BCUT2D eigenvalue weighted by atomic mass is 10.3.